The lowest BCUT2D eigenvalue weighted by Crippen LogP contribution is -2.12. The van der Waals surface area contributed by atoms with Crippen molar-refractivity contribution >= 4 is 28.9 Å². The molecule has 2 aromatic carbocycles. The van der Waals surface area contributed by atoms with Gasteiger partial charge in [0, 0.05) is 24.4 Å². The summed E-state index contributed by atoms with van der Waals surface area (Å²) in [6.07, 6.45) is 0.544. The SMILES string of the molecule is O=C(Nc1ccc(CCO)cc1)c1ccc([N+](=O)[O-])cc1Cl. The van der Waals surface area contributed by atoms with Crippen LogP contribution in [-0.2, 0) is 6.42 Å². The molecule has 0 radical (unpaired) electrons. The van der Waals surface area contributed by atoms with Gasteiger partial charge in [-0.2, -0.15) is 0 Å². The third kappa shape index (κ3) is 3.81. The van der Waals surface area contributed by atoms with Gasteiger partial charge in [-0.1, -0.05) is 23.7 Å². The fraction of sp³-hybridized carbons (Fsp3) is 0.133. The number of hydrogen-bond donors (Lipinski definition) is 2. The molecule has 0 saturated heterocycles. The van der Waals surface area contributed by atoms with E-state index in [-0.39, 0.29) is 22.9 Å². The van der Waals surface area contributed by atoms with Crippen LogP contribution in [0.1, 0.15) is 15.9 Å². The van der Waals surface area contributed by atoms with Crippen LogP contribution < -0.4 is 5.32 Å². The minimum absolute atomic E-state index is 0.0172. The van der Waals surface area contributed by atoms with Crippen molar-refractivity contribution in [2.24, 2.45) is 0 Å². The van der Waals surface area contributed by atoms with Crippen LogP contribution in [0, 0.1) is 10.1 Å². The van der Waals surface area contributed by atoms with Crippen molar-refractivity contribution in [1.29, 1.82) is 0 Å². The number of non-ortho nitro benzene ring substituents is 1. The number of amides is 1. The van der Waals surface area contributed by atoms with Crippen LogP contribution in [0.3, 0.4) is 0 Å². The molecule has 0 heterocycles. The highest BCUT2D eigenvalue weighted by molar-refractivity contribution is 6.34. The molecule has 2 rings (SSSR count). The van der Waals surface area contributed by atoms with Crippen molar-refractivity contribution in [3.05, 3.63) is 68.7 Å². The Bertz CT molecular complexity index is 701. The number of halogens is 1. The summed E-state index contributed by atoms with van der Waals surface area (Å²) in [4.78, 5) is 22.2. The molecule has 0 aliphatic rings. The molecular formula is C15H13ClN2O4. The third-order valence-corrected chi connectivity index (χ3v) is 3.33. The standard InChI is InChI=1S/C15H13ClN2O4/c16-14-9-12(18(21)22)5-6-13(14)15(20)17-11-3-1-10(2-4-11)7-8-19/h1-6,9,19H,7-8H2,(H,17,20). The van der Waals surface area contributed by atoms with Gasteiger partial charge < -0.3 is 10.4 Å². The number of carbonyl (C=O) groups is 1. The second-order valence-corrected chi connectivity index (χ2v) is 4.95. The van der Waals surface area contributed by atoms with E-state index >= 15 is 0 Å². The van der Waals surface area contributed by atoms with Crippen molar-refractivity contribution < 1.29 is 14.8 Å². The summed E-state index contributed by atoms with van der Waals surface area (Å²) in [5, 5.41) is 22.2. The average Bonchev–Trinajstić information content (AvgIpc) is 2.49. The first-order chi connectivity index (χ1) is 10.5. The molecule has 0 aromatic heterocycles. The van der Waals surface area contributed by atoms with Gasteiger partial charge in [-0.05, 0) is 30.2 Å². The number of aliphatic hydroxyl groups excluding tert-OH is 1. The Labute approximate surface area is 131 Å². The van der Waals surface area contributed by atoms with Crippen LogP contribution in [-0.4, -0.2) is 22.5 Å². The van der Waals surface area contributed by atoms with Crippen molar-refractivity contribution in [3.8, 4) is 0 Å². The average molecular weight is 321 g/mol. The van der Waals surface area contributed by atoms with E-state index in [0.717, 1.165) is 11.6 Å². The first-order valence-corrected chi connectivity index (χ1v) is 6.84. The number of carbonyl (C=O) groups excluding carboxylic acids is 1. The van der Waals surface area contributed by atoms with E-state index < -0.39 is 10.8 Å². The Morgan fingerprint density at radius 2 is 1.91 bits per heavy atom. The molecular weight excluding hydrogens is 308 g/mol. The fourth-order valence-electron chi connectivity index (χ4n) is 1.88. The number of benzene rings is 2. The number of aliphatic hydroxyl groups is 1. The normalized spacial score (nSPS) is 10.3. The summed E-state index contributed by atoms with van der Waals surface area (Å²) < 4.78 is 0. The molecule has 1 amide bonds. The molecule has 2 aromatic rings. The second kappa shape index (κ2) is 7.02. The van der Waals surface area contributed by atoms with Crippen molar-refractivity contribution in [1.82, 2.24) is 0 Å². The van der Waals surface area contributed by atoms with Gasteiger partial charge in [0.2, 0.25) is 0 Å². The van der Waals surface area contributed by atoms with Crippen LogP contribution >= 0.6 is 11.6 Å². The first kappa shape index (κ1) is 15.9. The van der Waals surface area contributed by atoms with Crippen LogP contribution in [0.2, 0.25) is 5.02 Å². The van der Waals surface area contributed by atoms with Gasteiger partial charge in [-0.15, -0.1) is 0 Å². The summed E-state index contributed by atoms with van der Waals surface area (Å²) >= 11 is 5.91. The second-order valence-electron chi connectivity index (χ2n) is 4.55. The molecule has 6 nitrogen and oxygen atoms in total. The lowest BCUT2D eigenvalue weighted by atomic mass is 10.1. The highest BCUT2D eigenvalue weighted by Gasteiger charge is 2.15. The van der Waals surface area contributed by atoms with Gasteiger partial charge in [0.25, 0.3) is 11.6 Å². The molecule has 0 fully saturated rings. The summed E-state index contributed by atoms with van der Waals surface area (Å²) in [5.41, 5.74) is 1.51. The van der Waals surface area contributed by atoms with Gasteiger partial charge in [0.1, 0.15) is 0 Å². The Morgan fingerprint density at radius 3 is 2.45 bits per heavy atom. The Morgan fingerprint density at radius 1 is 1.23 bits per heavy atom. The van der Waals surface area contributed by atoms with Gasteiger partial charge in [0.15, 0.2) is 0 Å². The minimum atomic E-state index is -0.576. The topological polar surface area (TPSA) is 92.5 Å². The van der Waals surface area contributed by atoms with E-state index in [1.54, 1.807) is 24.3 Å². The Balaban J connectivity index is 2.13. The molecule has 0 aliphatic carbocycles. The van der Waals surface area contributed by atoms with E-state index in [1.807, 2.05) is 0 Å². The predicted octanol–water partition coefficient (Wildman–Crippen LogP) is 3.04. The third-order valence-electron chi connectivity index (χ3n) is 3.02. The van der Waals surface area contributed by atoms with Crippen LogP contribution in [0.5, 0.6) is 0 Å². The summed E-state index contributed by atoms with van der Waals surface area (Å²) in [7, 11) is 0. The highest BCUT2D eigenvalue weighted by Crippen LogP contribution is 2.23. The summed E-state index contributed by atoms with van der Waals surface area (Å²) in [6, 6.07) is 10.7. The number of rotatable bonds is 5. The largest absolute Gasteiger partial charge is 0.396 e. The molecule has 0 bridgehead atoms. The van der Waals surface area contributed by atoms with Gasteiger partial charge in [0.05, 0.1) is 15.5 Å². The van der Waals surface area contributed by atoms with Gasteiger partial charge >= 0.3 is 0 Å². The molecule has 2 N–H and O–H groups in total. The first-order valence-electron chi connectivity index (χ1n) is 6.46. The number of nitro groups is 1. The lowest BCUT2D eigenvalue weighted by molar-refractivity contribution is -0.384. The minimum Gasteiger partial charge on any atom is -0.396 e. The number of anilines is 1. The zero-order chi connectivity index (χ0) is 16.1. The molecule has 0 spiro atoms. The lowest BCUT2D eigenvalue weighted by Gasteiger charge is -2.07. The smallest absolute Gasteiger partial charge is 0.270 e. The molecule has 0 saturated carbocycles. The molecule has 0 atom stereocenters. The van der Waals surface area contributed by atoms with Gasteiger partial charge in [-0.25, -0.2) is 0 Å². The maximum absolute atomic E-state index is 12.1. The molecule has 0 unspecified atom stereocenters. The van der Waals surface area contributed by atoms with Crippen LogP contribution in [0.4, 0.5) is 11.4 Å². The van der Waals surface area contributed by atoms with Gasteiger partial charge in [-0.3, -0.25) is 14.9 Å². The Hall–Kier alpha value is -2.44. The van der Waals surface area contributed by atoms with E-state index in [2.05, 4.69) is 5.32 Å². The molecule has 0 aliphatic heterocycles. The number of nitrogens with one attached hydrogen (secondary N) is 1. The maximum Gasteiger partial charge on any atom is 0.270 e. The number of nitro benzene ring substituents is 1. The van der Waals surface area contributed by atoms with Crippen molar-refractivity contribution in [2.75, 3.05) is 11.9 Å². The molecule has 22 heavy (non-hydrogen) atoms. The van der Waals surface area contributed by atoms with E-state index in [1.165, 1.54) is 12.1 Å². The maximum atomic E-state index is 12.1. The van der Waals surface area contributed by atoms with E-state index in [0.29, 0.717) is 12.1 Å². The quantitative estimate of drug-likeness (QED) is 0.654. The number of hydrogen-bond acceptors (Lipinski definition) is 4. The summed E-state index contributed by atoms with van der Waals surface area (Å²) in [6.45, 7) is 0.0596. The van der Waals surface area contributed by atoms with E-state index in [9.17, 15) is 14.9 Å². The Kier molecular flexibility index (Phi) is 5.08. The zero-order valence-electron chi connectivity index (χ0n) is 11.5. The van der Waals surface area contributed by atoms with E-state index in [4.69, 9.17) is 16.7 Å². The monoisotopic (exact) mass is 320 g/mol. The molecule has 7 heteroatoms. The molecule has 114 valence electrons. The highest BCUT2D eigenvalue weighted by atomic mass is 35.5. The predicted molar refractivity (Wildman–Crippen MR) is 83.3 cm³/mol. The van der Waals surface area contributed by atoms with Crippen LogP contribution in [0.15, 0.2) is 42.5 Å². The van der Waals surface area contributed by atoms with Crippen molar-refractivity contribution in [3.63, 3.8) is 0 Å². The van der Waals surface area contributed by atoms with Crippen LogP contribution in [0.25, 0.3) is 0 Å². The fourth-order valence-corrected chi connectivity index (χ4v) is 2.14. The number of nitrogens with zero attached hydrogens (tertiary/aromatic N) is 1. The van der Waals surface area contributed by atoms with Crippen molar-refractivity contribution in [2.45, 2.75) is 6.42 Å². The zero-order valence-corrected chi connectivity index (χ0v) is 12.2. The summed E-state index contributed by atoms with van der Waals surface area (Å²) in [5.74, 6) is -0.449.